The van der Waals surface area contributed by atoms with Crippen LogP contribution in [0.25, 0.3) is 0 Å². The van der Waals surface area contributed by atoms with Crippen molar-refractivity contribution in [1.82, 2.24) is 0 Å². The number of phenols is 4. The average Bonchev–Trinajstić information content (AvgIpc) is 2.71. The number of rotatable bonds is 3. The third kappa shape index (κ3) is 7.59. The van der Waals surface area contributed by atoms with E-state index >= 15 is 0 Å². The number of carboxylic acids is 2. The molecule has 0 amide bonds. The van der Waals surface area contributed by atoms with Gasteiger partial charge in [-0.25, -0.2) is 0 Å². The van der Waals surface area contributed by atoms with E-state index in [9.17, 15) is 35.1 Å². The van der Waals surface area contributed by atoms with Gasteiger partial charge in [-0.1, -0.05) is 19.9 Å². The number of fused-ring (bicyclic) bond motifs is 1. The topological polar surface area (TPSA) is 185 Å². The number of carbonyl (C=O) groups is 2. The summed E-state index contributed by atoms with van der Waals surface area (Å²) in [7, 11) is 0. The molecule has 0 radical (unpaired) electrons. The number of hydrogen-bond donors (Lipinski definition) is 7. The Bertz CT molecular complexity index is 895. The van der Waals surface area contributed by atoms with E-state index in [-0.39, 0.29) is 48.0 Å². The SMILES string of the molecule is CCC(=O)O.CCC(=O)O.Oc1cc(O)c2c(c1)O[C@H](c1ccc(O)c(O)c1)[C@@H](O)C2. The molecule has 0 saturated heterocycles. The zero-order valence-corrected chi connectivity index (χ0v) is 17.0. The van der Waals surface area contributed by atoms with Crippen LogP contribution in [0, 0.1) is 0 Å². The first kappa shape index (κ1) is 25.4. The molecule has 3 rings (SSSR count). The second kappa shape index (κ2) is 11.5. The molecule has 170 valence electrons. The van der Waals surface area contributed by atoms with Gasteiger partial charge in [-0.3, -0.25) is 9.59 Å². The lowest BCUT2D eigenvalue weighted by Crippen LogP contribution is -2.30. The smallest absolute Gasteiger partial charge is 0.303 e. The van der Waals surface area contributed by atoms with Gasteiger partial charge in [0.2, 0.25) is 0 Å². The molecular weight excluding hydrogens is 412 g/mol. The van der Waals surface area contributed by atoms with Crippen LogP contribution in [0.2, 0.25) is 0 Å². The van der Waals surface area contributed by atoms with Gasteiger partial charge < -0.3 is 40.5 Å². The molecule has 2 atom stereocenters. The van der Waals surface area contributed by atoms with Crippen LogP contribution in [0.15, 0.2) is 30.3 Å². The van der Waals surface area contributed by atoms with E-state index < -0.39 is 24.1 Å². The molecule has 10 heteroatoms. The third-order valence-electron chi connectivity index (χ3n) is 4.12. The second-order valence-electron chi connectivity index (χ2n) is 6.49. The van der Waals surface area contributed by atoms with Gasteiger partial charge in [0.25, 0.3) is 0 Å². The Balaban J connectivity index is 0.000000404. The normalized spacial score (nSPS) is 16.4. The molecule has 0 aliphatic carbocycles. The maximum Gasteiger partial charge on any atom is 0.303 e. The molecule has 2 aromatic carbocycles. The van der Waals surface area contributed by atoms with E-state index in [2.05, 4.69) is 0 Å². The zero-order chi connectivity index (χ0) is 23.7. The van der Waals surface area contributed by atoms with Crippen LogP contribution < -0.4 is 4.74 Å². The summed E-state index contributed by atoms with van der Waals surface area (Å²) in [5.41, 5.74) is 0.894. The Morgan fingerprint density at radius 2 is 1.45 bits per heavy atom. The van der Waals surface area contributed by atoms with Gasteiger partial charge in [0.05, 0.1) is 6.10 Å². The highest BCUT2D eigenvalue weighted by molar-refractivity contribution is 5.66. The Morgan fingerprint density at radius 3 is 1.94 bits per heavy atom. The van der Waals surface area contributed by atoms with Crippen molar-refractivity contribution in [2.45, 2.75) is 45.3 Å². The summed E-state index contributed by atoms with van der Waals surface area (Å²) in [5, 5.41) is 63.7. The van der Waals surface area contributed by atoms with E-state index in [1.165, 1.54) is 30.3 Å². The zero-order valence-electron chi connectivity index (χ0n) is 17.0. The molecule has 2 aromatic rings. The minimum atomic E-state index is -0.933. The van der Waals surface area contributed by atoms with Crippen LogP contribution >= 0.6 is 0 Å². The Kier molecular flexibility index (Phi) is 9.42. The molecule has 0 aromatic heterocycles. The van der Waals surface area contributed by atoms with Crippen molar-refractivity contribution in [3.63, 3.8) is 0 Å². The van der Waals surface area contributed by atoms with E-state index in [4.69, 9.17) is 14.9 Å². The van der Waals surface area contributed by atoms with Crippen LogP contribution in [0.4, 0.5) is 0 Å². The van der Waals surface area contributed by atoms with Crippen LogP contribution in [-0.2, 0) is 16.0 Å². The number of aromatic hydroxyl groups is 4. The molecule has 0 spiro atoms. The summed E-state index contributed by atoms with van der Waals surface area (Å²) in [6, 6.07) is 6.67. The summed E-state index contributed by atoms with van der Waals surface area (Å²) in [6.07, 6.45) is -1.12. The number of ether oxygens (including phenoxy) is 1. The summed E-state index contributed by atoms with van der Waals surface area (Å²) in [6.45, 7) is 3.20. The lowest BCUT2D eigenvalue weighted by atomic mass is 9.94. The molecule has 0 unspecified atom stereocenters. The fourth-order valence-electron chi connectivity index (χ4n) is 2.47. The van der Waals surface area contributed by atoms with E-state index in [0.29, 0.717) is 11.1 Å². The number of aliphatic hydroxyl groups is 1. The number of benzene rings is 2. The van der Waals surface area contributed by atoms with Gasteiger partial charge in [0.1, 0.15) is 23.4 Å². The van der Waals surface area contributed by atoms with E-state index in [1.54, 1.807) is 13.8 Å². The highest BCUT2D eigenvalue weighted by Gasteiger charge is 2.32. The lowest BCUT2D eigenvalue weighted by Gasteiger charge is -2.31. The Hall–Kier alpha value is -3.66. The van der Waals surface area contributed by atoms with Crippen molar-refractivity contribution in [2.75, 3.05) is 0 Å². The van der Waals surface area contributed by atoms with E-state index in [1.807, 2.05) is 0 Å². The molecule has 0 saturated carbocycles. The average molecular weight is 438 g/mol. The van der Waals surface area contributed by atoms with Gasteiger partial charge in [0, 0.05) is 37.0 Å². The third-order valence-corrected chi connectivity index (χ3v) is 4.12. The summed E-state index contributed by atoms with van der Waals surface area (Å²) in [4.78, 5) is 18.7. The maximum atomic E-state index is 10.2. The highest BCUT2D eigenvalue weighted by Crippen LogP contribution is 2.42. The van der Waals surface area contributed by atoms with Crippen molar-refractivity contribution in [3.8, 4) is 28.7 Å². The van der Waals surface area contributed by atoms with Gasteiger partial charge in [-0.15, -0.1) is 0 Å². The minimum Gasteiger partial charge on any atom is -0.508 e. The van der Waals surface area contributed by atoms with Crippen molar-refractivity contribution in [1.29, 1.82) is 0 Å². The van der Waals surface area contributed by atoms with Gasteiger partial charge in [-0.05, 0) is 17.7 Å². The summed E-state index contributed by atoms with van der Waals surface area (Å²) >= 11 is 0. The quantitative estimate of drug-likeness (QED) is 0.351. The Labute approximate surface area is 178 Å². The Morgan fingerprint density at radius 1 is 0.903 bits per heavy atom. The first-order valence-corrected chi connectivity index (χ1v) is 9.35. The van der Waals surface area contributed by atoms with Crippen molar-refractivity contribution in [3.05, 3.63) is 41.5 Å². The number of aliphatic carboxylic acids is 2. The highest BCUT2D eigenvalue weighted by atomic mass is 16.5. The monoisotopic (exact) mass is 438 g/mol. The van der Waals surface area contributed by atoms with Gasteiger partial charge in [0.15, 0.2) is 11.5 Å². The number of phenolic OH excluding ortho intramolecular Hbond substituents is 4. The summed E-state index contributed by atoms with van der Waals surface area (Å²) < 4.78 is 5.62. The number of aliphatic hydroxyl groups excluding tert-OH is 1. The molecule has 31 heavy (non-hydrogen) atoms. The van der Waals surface area contributed by atoms with Crippen LogP contribution in [0.5, 0.6) is 28.7 Å². The number of hydrogen-bond acceptors (Lipinski definition) is 8. The van der Waals surface area contributed by atoms with Gasteiger partial charge in [-0.2, -0.15) is 0 Å². The van der Waals surface area contributed by atoms with E-state index in [0.717, 1.165) is 0 Å². The second-order valence-corrected chi connectivity index (χ2v) is 6.49. The molecule has 0 fully saturated rings. The van der Waals surface area contributed by atoms with Crippen molar-refractivity contribution >= 4 is 11.9 Å². The molecular formula is C21H26O10. The largest absolute Gasteiger partial charge is 0.508 e. The molecule has 0 bridgehead atoms. The first-order valence-electron chi connectivity index (χ1n) is 9.35. The fourth-order valence-corrected chi connectivity index (χ4v) is 2.47. The minimum absolute atomic E-state index is 0.143. The maximum absolute atomic E-state index is 10.2. The fraction of sp³-hybridized carbons (Fsp3) is 0.333. The first-order chi connectivity index (χ1) is 14.5. The predicted molar refractivity (Wildman–Crippen MR) is 108 cm³/mol. The summed E-state index contributed by atoms with van der Waals surface area (Å²) in [5.74, 6) is -2.08. The molecule has 1 aliphatic heterocycles. The standard InChI is InChI=1S/C15H14O6.2C3H6O2/c16-8-4-11(18)9-6-13(20)15(21-14(9)5-8)7-1-2-10(17)12(19)3-7;2*1-2-3(4)5/h1-5,13,15-20H,6H2;2*2H2,1H3,(H,4,5)/t13-,15+;;/m0../s1. The van der Waals surface area contributed by atoms with Crippen LogP contribution in [0.3, 0.4) is 0 Å². The molecule has 1 heterocycles. The molecule has 7 N–H and O–H groups in total. The van der Waals surface area contributed by atoms with Crippen molar-refractivity contribution in [2.24, 2.45) is 0 Å². The number of carboxylic acid groups (broad SMARTS) is 2. The van der Waals surface area contributed by atoms with Gasteiger partial charge >= 0.3 is 11.9 Å². The predicted octanol–water partition coefficient (Wildman–Crippen LogP) is 2.51. The van der Waals surface area contributed by atoms with Crippen LogP contribution in [0.1, 0.15) is 43.9 Å². The molecule has 1 aliphatic rings. The lowest BCUT2D eigenvalue weighted by molar-refractivity contribution is -0.137. The molecule has 10 nitrogen and oxygen atoms in total. The van der Waals surface area contributed by atoms with Crippen molar-refractivity contribution < 1.29 is 50.1 Å². The van der Waals surface area contributed by atoms with Crippen LogP contribution in [-0.4, -0.2) is 53.8 Å².